The fraction of sp³-hybridized carbons (Fsp3) is 0.231. The van der Waals surface area contributed by atoms with Crippen LogP contribution < -0.4 is 9.47 Å². The molecular formula is C26H25FO2. The van der Waals surface area contributed by atoms with E-state index in [4.69, 9.17) is 9.47 Å². The second-order valence-corrected chi connectivity index (χ2v) is 7.37. The smallest absolute Gasteiger partial charge is 0.162 e. The van der Waals surface area contributed by atoms with Crippen LogP contribution in [0.5, 0.6) is 11.5 Å². The third-order valence-electron chi connectivity index (χ3n) is 5.34. The molecule has 0 radical (unpaired) electrons. The van der Waals surface area contributed by atoms with Gasteiger partial charge in [0, 0.05) is 0 Å². The molecule has 0 unspecified atom stereocenters. The zero-order chi connectivity index (χ0) is 20.1. The number of ether oxygens (including phenoxy) is 2. The van der Waals surface area contributed by atoms with Crippen molar-refractivity contribution in [2.24, 2.45) is 0 Å². The Morgan fingerprint density at radius 3 is 2.28 bits per heavy atom. The first-order valence-electron chi connectivity index (χ1n) is 10.1. The standard InChI is InChI=1S/C26H25FO2/c1-28-25-16-13-21(18-26(25)29-23-9-5-6-10-23)24(20-7-3-2-4-8-20)17-19-11-14-22(27)15-12-19/h2-4,7-8,11-18,23H,5-6,9-10H2,1H3/b24-17+. The lowest BCUT2D eigenvalue weighted by Gasteiger charge is -2.18. The molecular weight excluding hydrogens is 363 g/mol. The van der Waals surface area contributed by atoms with Gasteiger partial charge in [0.15, 0.2) is 11.5 Å². The molecule has 0 saturated heterocycles. The molecule has 2 nitrogen and oxygen atoms in total. The molecule has 0 heterocycles. The van der Waals surface area contributed by atoms with E-state index in [2.05, 4.69) is 24.3 Å². The average Bonchev–Trinajstić information content (AvgIpc) is 3.27. The number of rotatable bonds is 6. The Balaban J connectivity index is 1.76. The molecule has 1 fully saturated rings. The van der Waals surface area contributed by atoms with Gasteiger partial charge in [0.1, 0.15) is 5.82 Å². The highest BCUT2D eigenvalue weighted by Gasteiger charge is 2.19. The molecule has 3 heteroatoms. The monoisotopic (exact) mass is 388 g/mol. The van der Waals surface area contributed by atoms with E-state index < -0.39 is 0 Å². The Kier molecular flexibility index (Phi) is 5.95. The zero-order valence-corrected chi connectivity index (χ0v) is 16.6. The number of methoxy groups -OCH3 is 1. The van der Waals surface area contributed by atoms with Gasteiger partial charge in [-0.1, -0.05) is 48.5 Å². The van der Waals surface area contributed by atoms with Crippen molar-refractivity contribution >= 4 is 11.6 Å². The minimum atomic E-state index is -0.236. The van der Waals surface area contributed by atoms with Crippen LogP contribution in [-0.4, -0.2) is 13.2 Å². The summed E-state index contributed by atoms with van der Waals surface area (Å²) in [4.78, 5) is 0. The molecule has 1 saturated carbocycles. The van der Waals surface area contributed by atoms with E-state index in [0.29, 0.717) is 0 Å². The molecule has 0 aromatic heterocycles. The SMILES string of the molecule is COc1ccc(/C(=C/c2ccc(F)cc2)c2ccccc2)cc1OC1CCCC1. The highest BCUT2D eigenvalue weighted by molar-refractivity contribution is 5.91. The van der Waals surface area contributed by atoms with Crippen molar-refractivity contribution in [1.29, 1.82) is 0 Å². The molecule has 0 N–H and O–H groups in total. The Morgan fingerprint density at radius 2 is 1.59 bits per heavy atom. The fourth-order valence-corrected chi connectivity index (χ4v) is 3.80. The molecule has 4 rings (SSSR count). The second-order valence-electron chi connectivity index (χ2n) is 7.37. The van der Waals surface area contributed by atoms with Gasteiger partial charge < -0.3 is 9.47 Å². The number of benzene rings is 3. The van der Waals surface area contributed by atoms with Crippen molar-refractivity contribution in [2.75, 3.05) is 7.11 Å². The van der Waals surface area contributed by atoms with Crippen molar-refractivity contribution in [3.63, 3.8) is 0 Å². The molecule has 1 aliphatic carbocycles. The van der Waals surface area contributed by atoms with Crippen LogP contribution >= 0.6 is 0 Å². The van der Waals surface area contributed by atoms with Gasteiger partial charge in [0.05, 0.1) is 13.2 Å². The Hall–Kier alpha value is -3.07. The average molecular weight is 388 g/mol. The Morgan fingerprint density at radius 1 is 0.862 bits per heavy atom. The zero-order valence-electron chi connectivity index (χ0n) is 16.6. The summed E-state index contributed by atoms with van der Waals surface area (Å²) in [5.41, 5.74) is 4.12. The van der Waals surface area contributed by atoms with Gasteiger partial charge in [-0.15, -0.1) is 0 Å². The predicted octanol–water partition coefficient (Wildman–Crippen LogP) is 6.74. The van der Waals surface area contributed by atoms with Crippen molar-refractivity contribution in [3.05, 3.63) is 95.3 Å². The van der Waals surface area contributed by atoms with Gasteiger partial charge in [-0.25, -0.2) is 4.39 Å². The minimum absolute atomic E-state index is 0.236. The van der Waals surface area contributed by atoms with E-state index in [1.165, 1.54) is 25.0 Å². The van der Waals surface area contributed by atoms with Crippen molar-refractivity contribution < 1.29 is 13.9 Å². The largest absolute Gasteiger partial charge is 0.493 e. The topological polar surface area (TPSA) is 18.5 Å². The molecule has 3 aromatic rings. The minimum Gasteiger partial charge on any atom is -0.493 e. The van der Waals surface area contributed by atoms with Crippen LogP contribution in [0, 0.1) is 5.82 Å². The molecule has 0 bridgehead atoms. The third-order valence-corrected chi connectivity index (χ3v) is 5.34. The highest BCUT2D eigenvalue weighted by atomic mass is 19.1. The normalized spacial score (nSPS) is 14.8. The first kappa shape index (κ1) is 19.3. The lowest BCUT2D eigenvalue weighted by molar-refractivity contribution is 0.201. The van der Waals surface area contributed by atoms with Crippen LogP contribution in [0.25, 0.3) is 11.6 Å². The molecule has 0 spiro atoms. The van der Waals surface area contributed by atoms with Crippen LogP contribution in [0.15, 0.2) is 72.8 Å². The van der Waals surface area contributed by atoms with Crippen LogP contribution in [0.1, 0.15) is 42.4 Å². The van der Waals surface area contributed by atoms with E-state index in [1.807, 2.05) is 30.3 Å². The fourth-order valence-electron chi connectivity index (χ4n) is 3.80. The van der Waals surface area contributed by atoms with Crippen LogP contribution in [-0.2, 0) is 0 Å². The third kappa shape index (κ3) is 4.68. The van der Waals surface area contributed by atoms with Gasteiger partial charge in [0.25, 0.3) is 0 Å². The van der Waals surface area contributed by atoms with E-state index in [1.54, 1.807) is 19.2 Å². The maximum absolute atomic E-state index is 13.3. The first-order chi connectivity index (χ1) is 14.2. The summed E-state index contributed by atoms with van der Waals surface area (Å²) in [6.07, 6.45) is 6.93. The van der Waals surface area contributed by atoms with E-state index in [0.717, 1.165) is 46.6 Å². The van der Waals surface area contributed by atoms with Crippen molar-refractivity contribution in [1.82, 2.24) is 0 Å². The summed E-state index contributed by atoms with van der Waals surface area (Å²) in [7, 11) is 1.67. The second kappa shape index (κ2) is 8.95. The molecule has 148 valence electrons. The summed E-state index contributed by atoms with van der Waals surface area (Å²) in [5.74, 6) is 1.28. The molecule has 0 amide bonds. The highest BCUT2D eigenvalue weighted by Crippen LogP contribution is 2.36. The molecule has 0 aliphatic heterocycles. The summed E-state index contributed by atoms with van der Waals surface area (Å²) in [6, 6.07) is 22.8. The van der Waals surface area contributed by atoms with Crippen molar-refractivity contribution in [3.8, 4) is 11.5 Å². The van der Waals surface area contributed by atoms with E-state index in [9.17, 15) is 4.39 Å². The quantitative estimate of drug-likeness (QED) is 0.435. The summed E-state index contributed by atoms with van der Waals surface area (Å²) < 4.78 is 25.2. The van der Waals surface area contributed by atoms with Crippen molar-refractivity contribution in [2.45, 2.75) is 31.8 Å². The van der Waals surface area contributed by atoms with Gasteiger partial charge in [-0.05, 0) is 78.3 Å². The van der Waals surface area contributed by atoms with E-state index >= 15 is 0 Å². The summed E-state index contributed by atoms with van der Waals surface area (Å²) >= 11 is 0. The number of halogens is 1. The Labute approximate surface area is 171 Å². The molecule has 0 atom stereocenters. The van der Waals surface area contributed by atoms with E-state index in [-0.39, 0.29) is 11.9 Å². The lowest BCUT2D eigenvalue weighted by Crippen LogP contribution is -2.11. The maximum atomic E-state index is 13.3. The van der Waals surface area contributed by atoms with Crippen LogP contribution in [0.4, 0.5) is 4.39 Å². The number of hydrogen-bond donors (Lipinski definition) is 0. The van der Waals surface area contributed by atoms with Crippen LogP contribution in [0.3, 0.4) is 0 Å². The predicted molar refractivity (Wildman–Crippen MR) is 116 cm³/mol. The lowest BCUT2D eigenvalue weighted by atomic mass is 9.95. The van der Waals surface area contributed by atoms with Gasteiger partial charge in [-0.2, -0.15) is 0 Å². The Bertz CT molecular complexity index is 971. The van der Waals surface area contributed by atoms with Gasteiger partial charge >= 0.3 is 0 Å². The molecule has 29 heavy (non-hydrogen) atoms. The molecule has 3 aromatic carbocycles. The van der Waals surface area contributed by atoms with Gasteiger partial charge in [0.2, 0.25) is 0 Å². The maximum Gasteiger partial charge on any atom is 0.162 e. The summed E-state index contributed by atoms with van der Waals surface area (Å²) in [6.45, 7) is 0. The molecule has 1 aliphatic rings. The van der Waals surface area contributed by atoms with Gasteiger partial charge in [-0.3, -0.25) is 0 Å². The number of hydrogen-bond acceptors (Lipinski definition) is 2. The van der Waals surface area contributed by atoms with Crippen LogP contribution in [0.2, 0.25) is 0 Å². The first-order valence-corrected chi connectivity index (χ1v) is 10.1. The summed E-state index contributed by atoms with van der Waals surface area (Å²) in [5, 5.41) is 0.